The van der Waals surface area contributed by atoms with Gasteiger partial charge in [-0.1, -0.05) is 0 Å². The van der Waals surface area contributed by atoms with E-state index in [0.717, 1.165) is 25.0 Å². The highest BCUT2D eigenvalue weighted by molar-refractivity contribution is 5.96. The Bertz CT molecular complexity index is 717. The van der Waals surface area contributed by atoms with Crippen molar-refractivity contribution in [2.24, 2.45) is 0 Å². The van der Waals surface area contributed by atoms with Crippen molar-refractivity contribution in [3.8, 4) is 0 Å². The molecule has 0 unspecified atom stereocenters. The quantitative estimate of drug-likeness (QED) is 0.684. The average Bonchev–Trinajstić information content (AvgIpc) is 2.76. The van der Waals surface area contributed by atoms with Gasteiger partial charge in [-0.25, -0.2) is 4.79 Å². The first-order valence-electron chi connectivity index (χ1n) is 8.66. The van der Waals surface area contributed by atoms with Crippen molar-refractivity contribution in [2.45, 2.75) is 20.4 Å². The molecule has 1 aromatic heterocycles. The van der Waals surface area contributed by atoms with Gasteiger partial charge in [0, 0.05) is 16.6 Å². The van der Waals surface area contributed by atoms with E-state index in [-0.39, 0.29) is 5.97 Å². The highest BCUT2D eigenvalue weighted by Crippen LogP contribution is 2.26. The number of nitrogens with one attached hydrogen (secondary N) is 2. The van der Waals surface area contributed by atoms with E-state index in [0.29, 0.717) is 12.2 Å². The van der Waals surface area contributed by atoms with E-state index in [2.05, 4.69) is 32.5 Å². The van der Waals surface area contributed by atoms with E-state index in [1.54, 1.807) is 0 Å². The van der Waals surface area contributed by atoms with Gasteiger partial charge in [0.25, 0.3) is 0 Å². The van der Waals surface area contributed by atoms with Crippen LogP contribution >= 0.6 is 0 Å². The van der Waals surface area contributed by atoms with E-state index in [4.69, 9.17) is 4.74 Å². The number of hydrogen-bond donors (Lipinski definition) is 2. The SMILES string of the molecule is Cc1c(C)n(CC[NH+](C)C)c2ccc(C(=O)OCC[NH+](C)C)cc12. The first-order chi connectivity index (χ1) is 11.3. The summed E-state index contributed by atoms with van der Waals surface area (Å²) in [5.74, 6) is -0.235. The van der Waals surface area contributed by atoms with Gasteiger partial charge in [0.05, 0.1) is 46.8 Å². The minimum atomic E-state index is -0.235. The Kier molecular flexibility index (Phi) is 6.02. The third-order valence-electron chi connectivity index (χ3n) is 4.55. The molecule has 5 heteroatoms. The number of hydrogen-bond acceptors (Lipinski definition) is 2. The van der Waals surface area contributed by atoms with Gasteiger partial charge in [0.2, 0.25) is 0 Å². The number of esters is 1. The van der Waals surface area contributed by atoms with Crippen molar-refractivity contribution in [1.82, 2.24) is 4.57 Å². The van der Waals surface area contributed by atoms with Gasteiger partial charge in [0.15, 0.2) is 0 Å². The fourth-order valence-electron chi connectivity index (χ4n) is 2.83. The molecule has 0 saturated carbocycles. The second-order valence-corrected chi connectivity index (χ2v) is 7.14. The third-order valence-corrected chi connectivity index (χ3v) is 4.55. The number of aryl methyl sites for hydroxylation is 1. The second kappa shape index (κ2) is 7.81. The Hall–Kier alpha value is -1.85. The number of nitrogens with zero attached hydrogens (tertiary/aromatic N) is 1. The van der Waals surface area contributed by atoms with Crippen molar-refractivity contribution in [3.63, 3.8) is 0 Å². The van der Waals surface area contributed by atoms with Crippen molar-refractivity contribution in [3.05, 3.63) is 35.0 Å². The third kappa shape index (κ3) is 4.16. The topological polar surface area (TPSA) is 40.1 Å². The number of rotatable bonds is 7. The average molecular weight is 333 g/mol. The largest absolute Gasteiger partial charge is 0.456 e. The molecule has 0 saturated heterocycles. The molecule has 132 valence electrons. The van der Waals surface area contributed by atoms with Crippen molar-refractivity contribution in [1.29, 1.82) is 0 Å². The van der Waals surface area contributed by atoms with Crippen molar-refractivity contribution >= 4 is 16.9 Å². The minimum Gasteiger partial charge on any atom is -0.456 e. The predicted molar refractivity (Wildman–Crippen MR) is 97.0 cm³/mol. The van der Waals surface area contributed by atoms with Gasteiger partial charge < -0.3 is 19.1 Å². The molecule has 0 aliphatic carbocycles. The van der Waals surface area contributed by atoms with E-state index < -0.39 is 0 Å². The second-order valence-electron chi connectivity index (χ2n) is 7.14. The number of ether oxygens (including phenoxy) is 1. The van der Waals surface area contributed by atoms with Gasteiger partial charge in [0.1, 0.15) is 13.2 Å². The number of carbonyl (C=O) groups excluding carboxylic acids is 1. The first-order valence-corrected chi connectivity index (χ1v) is 8.66. The molecule has 0 atom stereocenters. The Balaban J connectivity index is 2.24. The first kappa shape index (κ1) is 18.5. The minimum absolute atomic E-state index is 0.235. The van der Waals surface area contributed by atoms with Gasteiger partial charge in [-0.2, -0.15) is 0 Å². The van der Waals surface area contributed by atoms with Crippen molar-refractivity contribution in [2.75, 3.05) is 47.9 Å². The summed E-state index contributed by atoms with van der Waals surface area (Å²) >= 11 is 0. The lowest BCUT2D eigenvalue weighted by molar-refractivity contribution is -0.858. The summed E-state index contributed by atoms with van der Waals surface area (Å²) in [7, 11) is 8.42. The number of likely N-dealkylation sites (N-methyl/N-ethyl adjacent to an activating group) is 2. The lowest BCUT2D eigenvalue weighted by Crippen LogP contribution is -3.06. The maximum absolute atomic E-state index is 12.2. The fraction of sp³-hybridized carbons (Fsp3) is 0.526. The Morgan fingerprint density at radius 2 is 1.75 bits per heavy atom. The van der Waals surface area contributed by atoms with Crippen LogP contribution in [0, 0.1) is 13.8 Å². The highest BCUT2D eigenvalue weighted by atomic mass is 16.5. The number of carbonyl (C=O) groups is 1. The summed E-state index contributed by atoms with van der Waals surface area (Å²) in [6, 6.07) is 5.90. The standard InChI is InChI=1S/C19H29N3O2/c1-14-15(2)22(10-9-20(3)4)18-8-7-16(13-17(14)18)19(23)24-12-11-21(5)6/h7-8,13H,9-12H2,1-6H3/p+2. The maximum Gasteiger partial charge on any atom is 0.338 e. The van der Waals surface area contributed by atoms with Crippen LogP contribution in [0.1, 0.15) is 21.6 Å². The number of quaternary nitrogens is 2. The van der Waals surface area contributed by atoms with Crippen LogP contribution in [0.2, 0.25) is 0 Å². The molecule has 0 spiro atoms. The lowest BCUT2D eigenvalue weighted by atomic mass is 10.1. The number of fused-ring (bicyclic) bond motifs is 1. The van der Waals surface area contributed by atoms with Crippen LogP contribution in [-0.4, -0.2) is 58.4 Å². The van der Waals surface area contributed by atoms with E-state index in [1.807, 2.05) is 32.3 Å². The molecule has 2 rings (SSSR count). The molecular weight excluding hydrogens is 302 g/mol. The summed E-state index contributed by atoms with van der Waals surface area (Å²) in [4.78, 5) is 14.9. The van der Waals surface area contributed by atoms with Crippen molar-refractivity contribution < 1.29 is 19.3 Å². The summed E-state index contributed by atoms with van der Waals surface area (Å²) in [6.45, 7) is 7.59. The van der Waals surface area contributed by atoms with Gasteiger partial charge in [-0.3, -0.25) is 0 Å². The van der Waals surface area contributed by atoms with Crippen LogP contribution in [0.25, 0.3) is 10.9 Å². The predicted octanol–water partition coefficient (Wildman–Crippen LogP) is -0.296. The van der Waals surface area contributed by atoms with Gasteiger partial charge in [-0.05, 0) is 37.6 Å². The number of benzene rings is 1. The molecule has 0 bridgehead atoms. The normalized spacial score (nSPS) is 11.7. The Morgan fingerprint density at radius 3 is 2.38 bits per heavy atom. The Labute approximate surface area is 144 Å². The summed E-state index contributed by atoms with van der Waals surface area (Å²) in [6.07, 6.45) is 0. The smallest absolute Gasteiger partial charge is 0.338 e. The summed E-state index contributed by atoms with van der Waals surface area (Å²) in [5, 5.41) is 1.15. The zero-order valence-electron chi connectivity index (χ0n) is 15.8. The van der Waals surface area contributed by atoms with E-state index in [1.165, 1.54) is 26.6 Å². The zero-order chi connectivity index (χ0) is 17.9. The molecule has 24 heavy (non-hydrogen) atoms. The van der Waals surface area contributed by atoms with Crippen LogP contribution in [0.4, 0.5) is 0 Å². The van der Waals surface area contributed by atoms with Crippen LogP contribution < -0.4 is 9.80 Å². The van der Waals surface area contributed by atoms with Crippen LogP contribution in [0.15, 0.2) is 18.2 Å². The molecular formula is C19H31N3O2+2. The molecule has 2 aromatic rings. The van der Waals surface area contributed by atoms with E-state index in [9.17, 15) is 4.79 Å². The molecule has 0 fully saturated rings. The molecule has 5 nitrogen and oxygen atoms in total. The maximum atomic E-state index is 12.2. The monoisotopic (exact) mass is 333 g/mol. The number of aromatic nitrogens is 1. The van der Waals surface area contributed by atoms with Gasteiger partial charge >= 0.3 is 5.97 Å². The molecule has 0 aliphatic rings. The fourth-order valence-corrected chi connectivity index (χ4v) is 2.83. The summed E-state index contributed by atoms with van der Waals surface area (Å²) < 4.78 is 7.72. The zero-order valence-corrected chi connectivity index (χ0v) is 15.8. The molecule has 0 aliphatic heterocycles. The highest BCUT2D eigenvalue weighted by Gasteiger charge is 2.15. The van der Waals surface area contributed by atoms with Crippen LogP contribution in [0.3, 0.4) is 0 Å². The molecule has 0 radical (unpaired) electrons. The van der Waals surface area contributed by atoms with Crippen LogP contribution in [-0.2, 0) is 11.3 Å². The molecule has 1 aromatic carbocycles. The molecule has 0 amide bonds. The summed E-state index contributed by atoms with van der Waals surface area (Å²) in [5.41, 5.74) is 4.34. The van der Waals surface area contributed by atoms with Crippen LogP contribution in [0.5, 0.6) is 0 Å². The lowest BCUT2D eigenvalue weighted by Gasteiger charge is -2.11. The molecule has 1 heterocycles. The van der Waals surface area contributed by atoms with Gasteiger partial charge in [-0.15, -0.1) is 0 Å². The Morgan fingerprint density at radius 1 is 1.08 bits per heavy atom. The van der Waals surface area contributed by atoms with E-state index >= 15 is 0 Å². The molecule has 2 N–H and O–H groups in total.